The molecule has 0 bridgehead atoms. The second kappa shape index (κ2) is 11.5. The summed E-state index contributed by atoms with van der Waals surface area (Å²) in [6, 6.07) is 0. The molecule has 0 aliphatic heterocycles. The monoisotopic (exact) mass is 327 g/mol. The maximum absolute atomic E-state index is 11.9. The van der Waals surface area contributed by atoms with Gasteiger partial charge in [-0.15, -0.1) is 0 Å². The maximum Gasteiger partial charge on any atom is 0.505 e. The highest BCUT2D eigenvalue weighted by Gasteiger charge is 2.24. The van der Waals surface area contributed by atoms with Crippen LogP contribution in [0.1, 0.15) is 26.2 Å². The largest absolute Gasteiger partial charge is 0.505 e. The number of carbonyl (C=O) groups is 2. The van der Waals surface area contributed by atoms with Crippen LogP contribution in [0.2, 0.25) is 0 Å². The molecule has 1 amide bonds. The highest BCUT2D eigenvalue weighted by Crippen LogP contribution is 2.48. The van der Waals surface area contributed by atoms with Crippen molar-refractivity contribution in [3.8, 4) is 0 Å². The van der Waals surface area contributed by atoms with Gasteiger partial charge in [-0.3, -0.25) is 18.4 Å². The fourth-order valence-corrected chi connectivity index (χ4v) is 2.15. The molecular formula is C11H22NO8P. The molecule has 0 aromatic carbocycles. The number of hydrogen-bond donors (Lipinski definition) is 2. The van der Waals surface area contributed by atoms with Crippen molar-refractivity contribution in [1.29, 1.82) is 0 Å². The lowest BCUT2D eigenvalue weighted by atomic mass is 10.3. The second-order valence-electron chi connectivity index (χ2n) is 3.86. The molecule has 1 unspecified atom stereocenters. The topological polar surface area (TPSA) is 120 Å². The van der Waals surface area contributed by atoms with E-state index in [0.29, 0.717) is 6.42 Å². The third kappa shape index (κ3) is 11.2. The molecule has 0 aromatic rings. The van der Waals surface area contributed by atoms with Gasteiger partial charge in [-0.05, 0) is 6.42 Å². The summed E-state index contributed by atoms with van der Waals surface area (Å²) in [5.74, 6) is -0.111. The van der Waals surface area contributed by atoms with E-state index in [1.165, 1.54) is 7.11 Å². The molecule has 9 nitrogen and oxygen atoms in total. The van der Waals surface area contributed by atoms with Crippen LogP contribution >= 0.6 is 7.82 Å². The zero-order valence-corrected chi connectivity index (χ0v) is 13.1. The molecule has 0 aliphatic carbocycles. The number of phosphoric ester groups is 1. The third-order valence-corrected chi connectivity index (χ3v) is 3.58. The zero-order chi connectivity index (χ0) is 16.1. The van der Waals surface area contributed by atoms with Crippen LogP contribution < -0.4 is 5.32 Å². The lowest BCUT2D eigenvalue weighted by Gasteiger charge is -2.16. The summed E-state index contributed by atoms with van der Waals surface area (Å²) in [4.78, 5) is 21.3. The number of phosphoric acid groups is 1. The van der Waals surface area contributed by atoms with Crippen molar-refractivity contribution < 1.29 is 37.6 Å². The molecule has 0 aromatic heterocycles. The van der Waals surface area contributed by atoms with Gasteiger partial charge < -0.3 is 15.2 Å². The van der Waals surface area contributed by atoms with Crippen LogP contribution in [-0.4, -0.2) is 50.6 Å². The first-order valence-corrected chi connectivity index (χ1v) is 7.97. The van der Waals surface area contributed by atoms with Crippen molar-refractivity contribution in [3.63, 3.8) is 0 Å². The molecule has 2 N–H and O–H groups in total. The Bertz CT molecular complexity index is 362. The van der Waals surface area contributed by atoms with E-state index in [0.717, 1.165) is 6.42 Å². The standard InChI is InChI=1S/C11H22NO8P/c1-3-5-10(13)12-6-9-20-21(16,17-2)19-8-4-7-18-11(14)15/h3-9H2,1-2H3,(H,12,13)(H,14,15). The van der Waals surface area contributed by atoms with Crippen LogP contribution in [0.5, 0.6) is 0 Å². The number of amides is 1. The van der Waals surface area contributed by atoms with E-state index >= 15 is 0 Å². The lowest BCUT2D eigenvalue weighted by Crippen LogP contribution is -2.26. The van der Waals surface area contributed by atoms with E-state index in [4.69, 9.17) is 14.2 Å². The van der Waals surface area contributed by atoms with E-state index in [2.05, 4.69) is 14.6 Å². The molecule has 10 heteroatoms. The van der Waals surface area contributed by atoms with Gasteiger partial charge in [0.15, 0.2) is 0 Å². The number of ether oxygens (including phenoxy) is 1. The highest BCUT2D eigenvalue weighted by atomic mass is 31.2. The van der Waals surface area contributed by atoms with Crippen LogP contribution in [0.15, 0.2) is 0 Å². The number of nitrogens with one attached hydrogen (secondary N) is 1. The van der Waals surface area contributed by atoms with Gasteiger partial charge in [0.25, 0.3) is 0 Å². The smallest absolute Gasteiger partial charge is 0.450 e. The van der Waals surface area contributed by atoms with Gasteiger partial charge in [0.05, 0.1) is 19.8 Å². The van der Waals surface area contributed by atoms with Crippen molar-refractivity contribution in [2.24, 2.45) is 0 Å². The quantitative estimate of drug-likeness (QED) is 0.316. The van der Waals surface area contributed by atoms with Crippen LogP contribution in [0.25, 0.3) is 0 Å². The molecule has 21 heavy (non-hydrogen) atoms. The Morgan fingerprint density at radius 1 is 1.19 bits per heavy atom. The Balaban J connectivity index is 3.81. The summed E-state index contributed by atoms with van der Waals surface area (Å²) < 4.78 is 30.7. The number of rotatable bonds is 12. The van der Waals surface area contributed by atoms with Gasteiger partial charge in [0.1, 0.15) is 0 Å². The molecule has 0 saturated carbocycles. The summed E-state index contributed by atoms with van der Waals surface area (Å²) in [6.45, 7) is 1.94. The van der Waals surface area contributed by atoms with Crippen molar-refractivity contribution in [3.05, 3.63) is 0 Å². The fraction of sp³-hybridized carbons (Fsp3) is 0.818. The van der Waals surface area contributed by atoms with E-state index in [-0.39, 0.29) is 38.7 Å². The average Bonchev–Trinajstić information content (AvgIpc) is 2.43. The van der Waals surface area contributed by atoms with Crippen molar-refractivity contribution in [2.45, 2.75) is 26.2 Å². The minimum absolute atomic E-state index is 0.0216. The number of hydrogen-bond acceptors (Lipinski definition) is 7. The molecule has 0 aliphatic rings. The molecule has 0 rings (SSSR count). The first kappa shape index (κ1) is 19.9. The summed E-state index contributed by atoms with van der Waals surface area (Å²) in [5, 5.41) is 10.8. The Morgan fingerprint density at radius 2 is 1.86 bits per heavy atom. The minimum atomic E-state index is -3.69. The Labute approximate surface area is 123 Å². The number of carboxylic acid groups (broad SMARTS) is 1. The number of carbonyl (C=O) groups excluding carboxylic acids is 1. The lowest BCUT2D eigenvalue weighted by molar-refractivity contribution is -0.121. The molecule has 0 fully saturated rings. The molecule has 1 atom stereocenters. The first-order valence-electron chi connectivity index (χ1n) is 6.50. The van der Waals surface area contributed by atoms with Crippen molar-refractivity contribution >= 4 is 19.9 Å². The SMILES string of the molecule is CCCC(=O)NCCOP(=O)(OC)OCCCOC(=O)O. The van der Waals surface area contributed by atoms with E-state index in [9.17, 15) is 14.2 Å². The average molecular weight is 327 g/mol. The Hall–Kier alpha value is -1.15. The maximum atomic E-state index is 11.9. The van der Waals surface area contributed by atoms with E-state index < -0.39 is 14.0 Å². The third-order valence-electron chi connectivity index (χ3n) is 2.14. The molecular weight excluding hydrogens is 305 g/mol. The second-order valence-corrected chi connectivity index (χ2v) is 5.64. The molecule has 0 heterocycles. The van der Waals surface area contributed by atoms with Gasteiger partial charge in [-0.25, -0.2) is 9.36 Å². The predicted octanol–water partition coefficient (Wildman–Crippen LogP) is 1.78. The van der Waals surface area contributed by atoms with Crippen LogP contribution in [0.4, 0.5) is 4.79 Å². The normalized spacial score (nSPS) is 13.4. The minimum Gasteiger partial charge on any atom is -0.450 e. The molecule has 0 radical (unpaired) electrons. The van der Waals surface area contributed by atoms with Crippen molar-refractivity contribution in [2.75, 3.05) is 33.5 Å². The van der Waals surface area contributed by atoms with E-state index in [1.54, 1.807) is 0 Å². The molecule has 0 spiro atoms. The Morgan fingerprint density at radius 3 is 2.43 bits per heavy atom. The van der Waals surface area contributed by atoms with Crippen LogP contribution in [0.3, 0.4) is 0 Å². The summed E-state index contributed by atoms with van der Waals surface area (Å²) in [5.41, 5.74) is 0. The fourth-order valence-electron chi connectivity index (χ4n) is 1.20. The van der Waals surface area contributed by atoms with E-state index in [1.807, 2.05) is 6.92 Å². The zero-order valence-electron chi connectivity index (χ0n) is 12.2. The molecule has 0 saturated heterocycles. The Kier molecular flexibility index (Phi) is 10.9. The summed E-state index contributed by atoms with van der Waals surface area (Å²) >= 11 is 0. The van der Waals surface area contributed by atoms with Crippen LogP contribution in [0, 0.1) is 0 Å². The van der Waals surface area contributed by atoms with Crippen molar-refractivity contribution in [1.82, 2.24) is 5.32 Å². The molecule has 124 valence electrons. The van der Waals surface area contributed by atoms with Crippen LogP contribution in [-0.2, 0) is 27.7 Å². The highest BCUT2D eigenvalue weighted by molar-refractivity contribution is 7.48. The summed E-state index contributed by atoms with van der Waals surface area (Å²) in [7, 11) is -2.52. The van der Waals surface area contributed by atoms with Gasteiger partial charge in [-0.2, -0.15) is 0 Å². The van der Waals surface area contributed by atoms with Gasteiger partial charge >= 0.3 is 14.0 Å². The van der Waals surface area contributed by atoms with Gasteiger partial charge in [-0.1, -0.05) is 6.92 Å². The van der Waals surface area contributed by atoms with Gasteiger partial charge in [0.2, 0.25) is 5.91 Å². The van der Waals surface area contributed by atoms with Gasteiger partial charge in [0, 0.05) is 26.5 Å². The first-order chi connectivity index (χ1) is 9.93. The summed E-state index contributed by atoms with van der Waals surface area (Å²) in [6.07, 6.45) is -0.00717. The predicted molar refractivity (Wildman–Crippen MR) is 73.0 cm³/mol.